The molecule has 1 fully saturated rings. The number of likely N-dealkylation sites (tertiary alicyclic amines) is 1. The minimum absolute atomic E-state index is 0.0581. The molecule has 0 radical (unpaired) electrons. The van der Waals surface area contributed by atoms with E-state index in [1.54, 1.807) is 29.7 Å². The molecule has 0 aromatic carbocycles. The Bertz CT molecular complexity index is 461. The van der Waals surface area contributed by atoms with Crippen molar-refractivity contribution in [2.45, 2.75) is 13.3 Å². The minimum Gasteiger partial charge on any atom is -0.481 e. The summed E-state index contributed by atoms with van der Waals surface area (Å²) in [5.74, 6) is -0.773. The van der Waals surface area contributed by atoms with E-state index in [4.69, 9.17) is 5.11 Å². The van der Waals surface area contributed by atoms with E-state index in [2.05, 4.69) is 5.10 Å². The van der Waals surface area contributed by atoms with Gasteiger partial charge in [0, 0.05) is 32.3 Å². The first kappa shape index (κ1) is 11.6. The maximum atomic E-state index is 12.0. The van der Waals surface area contributed by atoms with Gasteiger partial charge in [-0.2, -0.15) is 5.10 Å². The summed E-state index contributed by atoms with van der Waals surface area (Å²) in [5, 5.41) is 12.7. The first-order chi connectivity index (χ1) is 7.97. The largest absolute Gasteiger partial charge is 0.481 e. The maximum absolute atomic E-state index is 12.0. The van der Waals surface area contributed by atoms with Crippen molar-refractivity contribution in [1.29, 1.82) is 0 Å². The van der Waals surface area contributed by atoms with Crippen molar-refractivity contribution >= 4 is 11.9 Å². The van der Waals surface area contributed by atoms with Gasteiger partial charge in [-0.25, -0.2) is 0 Å². The van der Waals surface area contributed by atoms with Crippen molar-refractivity contribution in [3.63, 3.8) is 0 Å². The summed E-state index contributed by atoms with van der Waals surface area (Å²) in [6, 6.07) is 0. The molecule has 0 aliphatic carbocycles. The molecule has 0 unspecified atom stereocenters. The molecule has 1 aromatic heterocycles. The van der Waals surface area contributed by atoms with Crippen LogP contribution in [0.15, 0.2) is 6.20 Å². The van der Waals surface area contributed by atoms with Gasteiger partial charge in [0.1, 0.15) is 0 Å². The number of nitrogens with zero attached hydrogens (tertiary/aromatic N) is 3. The molecule has 0 spiro atoms. The number of carboxylic acids is 1. The first-order valence-corrected chi connectivity index (χ1v) is 5.48. The van der Waals surface area contributed by atoms with Gasteiger partial charge in [0.25, 0.3) is 5.91 Å². The highest BCUT2D eigenvalue weighted by atomic mass is 16.4. The highest BCUT2D eigenvalue weighted by Gasteiger charge is 2.33. The monoisotopic (exact) mass is 237 g/mol. The summed E-state index contributed by atoms with van der Waals surface area (Å²) < 4.78 is 1.61. The normalized spacial score (nSPS) is 15.8. The Kier molecular flexibility index (Phi) is 2.87. The van der Waals surface area contributed by atoms with Crippen LogP contribution in [0.25, 0.3) is 0 Å². The van der Waals surface area contributed by atoms with E-state index in [1.165, 1.54) is 0 Å². The molecule has 6 heteroatoms. The Morgan fingerprint density at radius 1 is 1.53 bits per heavy atom. The molecule has 1 saturated heterocycles. The van der Waals surface area contributed by atoms with Gasteiger partial charge in [0.2, 0.25) is 0 Å². The molecule has 0 bridgehead atoms. The molecular formula is C11H15N3O3. The van der Waals surface area contributed by atoms with Crippen LogP contribution in [0.5, 0.6) is 0 Å². The molecule has 6 nitrogen and oxygen atoms in total. The highest BCUT2D eigenvalue weighted by Crippen LogP contribution is 2.22. The van der Waals surface area contributed by atoms with E-state index in [9.17, 15) is 9.59 Å². The summed E-state index contributed by atoms with van der Waals surface area (Å²) in [7, 11) is 1.77. The number of carbonyl (C=O) groups excluding carboxylic acids is 1. The molecule has 1 aromatic rings. The zero-order valence-corrected chi connectivity index (χ0v) is 9.88. The fourth-order valence-corrected chi connectivity index (χ4v) is 2.09. The van der Waals surface area contributed by atoms with Crippen molar-refractivity contribution in [2.75, 3.05) is 13.1 Å². The second kappa shape index (κ2) is 4.20. The van der Waals surface area contributed by atoms with Crippen LogP contribution in [-0.2, 0) is 11.8 Å². The second-order valence-corrected chi connectivity index (χ2v) is 4.48. The third-order valence-electron chi connectivity index (χ3n) is 2.95. The molecule has 0 saturated carbocycles. The Labute approximate surface area is 98.8 Å². The van der Waals surface area contributed by atoms with Gasteiger partial charge in [0.15, 0.2) is 0 Å². The summed E-state index contributed by atoms with van der Waals surface area (Å²) in [6.45, 7) is 2.85. The summed E-state index contributed by atoms with van der Waals surface area (Å²) in [5.41, 5.74) is 1.31. The quantitative estimate of drug-likeness (QED) is 0.819. The molecule has 2 rings (SSSR count). The van der Waals surface area contributed by atoms with Crippen molar-refractivity contribution < 1.29 is 14.7 Å². The Hall–Kier alpha value is -1.85. The lowest BCUT2D eigenvalue weighted by Crippen LogP contribution is -2.50. The Morgan fingerprint density at radius 2 is 2.18 bits per heavy atom. The van der Waals surface area contributed by atoms with Gasteiger partial charge in [0.05, 0.1) is 17.7 Å². The number of carboxylic acid groups (broad SMARTS) is 1. The average Bonchev–Trinajstić information content (AvgIpc) is 2.49. The third kappa shape index (κ3) is 2.30. The van der Waals surface area contributed by atoms with E-state index in [0.717, 1.165) is 0 Å². The SMILES string of the molecule is Cc1nn(C)cc1C(=O)N1CC(CC(=O)O)C1. The summed E-state index contributed by atoms with van der Waals surface area (Å²) in [6.07, 6.45) is 1.83. The number of carbonyl (C=O) groups is 2. The van der Waals surface area contributed by atoms with Crippen molar-refractivity contribution in [1.82, 2.24) is 14.7 Å². The van der Waals surface area contributed by atoms with E-state index in [0.29, 0.717) is 24.3 Å². The number of aryl methyl sites for hydroxylation is 2. The zero-order chi connectivity index (χ0) is 12.6. The summed E-state index contributed by atoms with van der Waals surface area (Å²) in [4.78, 5) is 24.2. The van der Waals surface area contributed by atoms with Crippen LogP contribution in [0.2, 0.25) is 0 Å². The lowest BCUT2D eigenvalue weighted by atomic mass is 9.95. The van der Waals surface area contributed by atoms with Gasteiger partial charge in [-0.05, 0) is 6.92 Å². The maximum Gasteiger partial charge on any atom is 0.303 e. The van der Waals surface area contributed by atoms with Gasteiger partial charge in [-0.1, -0.05) is 0 Å². The van der Waals surface area contributed by atoms with Gasteiger partial charge >= 0.3 is 5.97 Å². The molecule has 17 heavy (non-hydrogen) atoms. The molecular weight excluding hydrogens is 222 g/mol. The van der Waals surface area contributed by atoms with Crippen molar-refractivity contribution in [3.8, 4) is 0 Å². The number of amides is 1. The van der Waals surface area contributed by atoms with E-state index in [1.807, 2.05) is 0 Å². The molecule has 1 aliphatic heterocycles. The highest BCUT2D eigenvalue weighted by molar-refractivity contribution is 5.95. The Balaban J connectivity index is 1.95. The lowest BCUT2D eigenvalue weighted by Gasteiger charge is -2.38. The molecule has 0 atom stereocenters. The number of hydrogen-bond donors (Lipinski definition) is 1. The second-order valence-electron chi connectivity index (χ2n) is 4.48. The fraction of sp³-hybridized carbons (Fsp3) is 0.545. The van der Waals surface area contributed by atoms with E-state index in [-0.39, 0.29) is 18.2 Å². The molecule has 2 heterocycles. The number of rotatable bonds is 3. The predicted molar refractivity (Wildman–Crippen MR) is 59.6 cm³/mol. The standard InChI is InChI=1S/C11H15N3O3/c1-7-9(6-13(2)12-7)11(17)14-4-8(5-14)3-10(15)16/h6,8H,3-5H2,1-2H3,(H,15,16). The number of aliphatic carboxylic acids is 1. The van der Waals surface area contributed by atoms with Crippen LogP contribution in [0.3, 0.4) is 0 Å². The Morgan fingerprint density at radius 3 is 2.65 bits per heavy atom. The van der Waals surface area contributed by atoms with Crippen LogP contribution in [-0.4, -0.2) is 44.8 Å². The topological polar surface area (TPSA) is 75.4 Å². The predicted octanol–water partition coefficient (Wildman–Crippen LogP) is 0.275. The van der Waals surface area contributed by atoms with E-state index >= 15 is 0 Å². The molecule has 1 amide bonds. The van der Waals surface area contributed by atoms with E-state index < -0.39 is 5.97 Å². The van der Waals surface area contributed by atoms with Crippen LogP contribution in [0.1, 0.15) is 22.5 Å². The third-order valence-corrected chi connectivity index (χ3v) is 2.95. The molecule has 92 valence electrons. The van der Waals surface area contributed by atoms with Crippen LogP contribution < -0.4 is 0 Å². The van der Waals surface area contributed by atoms with Gasteiger partial charge in [-0.3, -0.25) is 14.3 Å². The average molecular weight is 237 g/mol. The fourth-order valence-electron chi connectivity index (χ4n) is 2.09. The first-order valence-electron chi connectivity index (χ1n) is 5.48. The molecule has 1 N–H and O–H groups in total. The van der Waals surface area contributed by atoms with Crippen LogP contribution in [0, 0.1) is 12.8 Å². The van der Waals surface area contributed by atoms with Crippen molar-refractivity contribution in [3.05, 3.63) is 17.5 Å². The smallest absolute Gasteiger partial charge is 0.303 e. The zero-order valence-electron chi connectivity index (χ0n) is 9.88. The number of hydrogen-bond acceptors (Lipinski definition) is 3. The van der Waals surface area contributed by atoms with Crippen LogP contribution >= 0.6 is 0 Å². The lowest BCUT2D eigenvalue weighted by molar-refractivity contribution is -0.139. The molecule has 1 aliphatic rings. The van der Waals surface area contributed by atoms with Crippen LogP contribution in [0.4, 0.5) is 0 Å². The number of aromatic nitrogens is 2. The minimum atomic E-state index is -0.806. The van der Waals surface area contributed by atoms with Gasteiger partial charge < -0.3 is 10.0 Å². The van der Waals surface area contributed by atoms with Crippen molar-refractivity contribution in [2.24, 2.45) is 13.0 Å². The van der Waals surface area contributed by atoms with Gasteiger partial charge in [-0.15, -0.1) is 0 Å². The summed E-state index contributed by atoms with van der Waals surface area (Å²) >= 11 is 0.